The Bertz CT molecular complexity index is 1050. The molecular formula is C20H18F3N3O3. The zero-order valence-electron chi connectivity index (χ0n) is 15.9. The molecule has 0 bridgehead atoms. The fourth-order valence-corrected chi connectivity index (χ4v) is 2.68. The van der Waals surface area contributed by atoms with E-state index in [1.165, 1.54) is 36.4 Å². The fourth-order valence-electron chi connectivity index (χ4n) is 2.68. The van der Waals surface area contributed by atoms with Crippen molar-refractivity contribution in [3.8, 4) is 17.0 Å². The Morgan fingerprint density at radius 2 is 1.72 bits per heavy atom. The van der Waals surface area contributed by atoms with Crippen LogP contribution in [0.1, 0.15) is 24.2 Å². The zero-order chi connectivity index (χ0) is 21.3. The number of halogens is 3. The number of hydrogen-bond acceptors (Lipinski definition) is 5. The molecule has 2 aromatic carbocycles. The lowest BCUT2D eigenvalue weighted by Gasteiger charge is -2.25. The van der Waals surface area contributed by atoms with Gasteiger partial charge in [0.05, 0.1) is 16.6 Å². The van der Waals surface area contributed by atoms with Crippen molar-refractivity contribution in [2.45, 2.75) is 26.3 Å². The zero-order valence-corrected chi connectivity index (χ0v) is 15.9. The van der Waals surface area contributed by atoms with Crippen molar-refractivity contribution in [3.05, 3.63) is 48.0 Å². The van der Waals surface area contributed by atoms with Gasteiger partial charge in [0, 0.05) is 18.7 Å². The molecule has 0 atom stereocenters. The summed E-state index contributed by atoms with van der Waals surface area (Å²) >= 11 is 0. The van der Waals surface area contributed by atoms with Crippen molar-refractivity contribution in [1.82, 2.24) is 9.97 Å². The predicted octanol–water partition coefficient (Wildman–Crippen LogP) is 4.74. The van der Waals surface area contributed by atoms with Gasteiger partial charge in [-0.1, -0.05) is 0 Å². The highest BCUT2D eigenvalue weighted by molar-refractivity contribution is 5.93. The quantitative estimate of drug-likeness (QED) is 0.661. The van der Waals surface area contributed by atoms with Crippen LogP contribution in [0.25, 0.3) is 22.3 Å². The van der Waals surface area contributed by atoms with Crippen LogP contribution in [-0.4, -0.2) is 40.5 Å². The summed E-state index contributed by atoms with van der Waals surface area (Å²) in [5.74, 6) is -0.920. The van der Waals surface area contributed by atoms with E-state index in [1.54, 1.807) is 6.07 Å². The molecule has 152 valence electrons. The monoisotopic (exact) mass is 405 g/mol. The number of ether oxygens (including phenoxy) is 1. The molecule has 0 radical (unpaired) electrons. The average molecular weight is 405 g/mol. The maximum Gasteiger partial charge on any atom is 0.573 e. The van der Waals surface area contributed by atoms with E-state index in [1.807, 2.05) is 25.8 Å². The third-order valence-corrected chi connectivity index (χ3v) is 4.36. The number of carbonyl (C=O) groups is 1. The van der Waals surface area contributed by atoms with E-state index in [0.29, 0.717) is 28.1 Å². The van der Waals surface area contributed by atoms with E-state index in [-0.39, 0.29) is 17.4 Å². The molecule has 0 amide bonds. The van der Waals surface area contributed by atoms with Crippen LogP contribution in [0.15, 0.2) is 42.5 Å². The topological polar surface area (TPSA) is 75.6 Å². The molecule has 0 saturated carbocycles. The average Bonchev–Trinajstić information content (AvgIpc) is 2.65. The number of aromatic carboxylic acids is 1. The summed E-state index contributed by atoms with van der Waals surface area (Å²) < 4.78 is 41.1. The van der Waals surface area contributed by atoms with E-state index < -0.39 is 12.3 Å². The summed E-state index contributed by atoms with van der Waals surface area (Å²) in [4.78, 5) is 22.3. The summed E-state index contributed by atoms with van der Waals surface area (Å²) in [7, 11) is 1.81. The molecule has 0 spiro atoms. The van der Waals surface area contributed by atoms with E-state index in [2.05, 4.69) is 14.7 Å². The number of carboxylic acid groups (broad SMARTS) is 1. The smallest absolute Gasteiger partial charge is 0.478 e. The number of benzene rings is 2. The van der Waals surface area contributed by atoms with Gasteiger partial charge in [-0.25, -0.2) is 14.8 Å². The Balaban J connectivity index is 2.13. The fraction of sp³-hybridized carbons (Fsp3) is 0.250. The summed E-state index contributed by atoms with van der Waals surface area (Å²) in [6, 6.07) is 9.83. The van der Waals surface area contributed by atoms with Gasteiger partial charge in [0.1, 0.15) is 11.4 Å². The number of carboxylic acids is 1. The molecule has 0 saturated heterocycles. The van der Waals surface area contributed by atoms with Crippen molar-refractivity contribution in [3.63, 3.8) is 0 Å². The van der Waals surface area contributed by atoms with Crippen molar-refractivity contribution in [2.24, 2.45) is 0 Å². The van der Waals surface area contributed by atoms with Gasteiger partial charge >= 0.3 is 12.3 Å². The molecule has 3 aromatic rings. The second-order valence-electron chi connectivity index (χ2n) is 6.68. The highest BCUT2D eigenvalue weighted by Crippen LogP contribution is 2.32. The lowest BCUT2D eigenvalue weighted by atomic mass is 10.1. The molecule has 6 nitrogen and oxygen atoms in total. The largest absolute Gasteiger partial charge is 0.573 e. The van der Waals surface area contributed by atoms with E-state index >= 15 is 0 Å². The van der Waals surface area contributed by atoms with Gasteiger partial charge in [-0.15, -0.1) is 13.2 Å². The molecular weight excluding hydrogens is 387 g/mol. The number of hydrogen-bond donors (Lipinski definition) is 1. The van der Waals surface area contributed by atoms with Crippen LogP contribution in [0.2, 0.25) is 0 Å². The van der Waals surface area contributed by atoms with Gasteiger partial charge < -0.3 is 14.7 Å². The van der Waals surface area contributed by atoms with E-state index in [0.717, 1.165) is 0 Å². The molecule has 0 unspecified atom stereocenters. The van der Waals surface area contributed by atoms with Crippen LogP contribution in [-0.2, 0) is 0 Å². The van der Waals surface area contributed by atoms with Gasteiger partial charge in [-0.2, -0.15) is 0 Å². The second-order valence-corrected chi connectivity index (χ2v) is 6.68. The van der Waals surface area contributed by atoms with Crippen molar-refractivity contribution in [2.75, 3.05) is 11.9 Å². The first-order valence-electron chi connectivity index (χ1n) is 8.69. The summed E-state index contributed by atoms with van der Waals surface area (Å²) in [6.45, 7) is 3.90. The predicted molar refractivity (Wildman–Crippen MR) is 102 cm³/mol. The Morgan fingerprint density at radius 1 is 1.07 bits per heavy atom. The molecule has 0 aliphatic heterocycles. The lowest BCUT2D eigenvalue weighted by molar-refractivity contribution is -0.274. The maximum absolute atomic E-state index is 12.4. The van der Waals surface area contributed by atoms with Gasteiger partial charge in [0.2, 0.25) is 0 Å². The number of aromatic nitrogens is 2. The van der Waals surface area contributed by atoms with E-state index in [9.17, 15) is 23.1 Å². The number of nitrogens with zero attached hydrogens (tertiary/aromatic N) is 3. The van der Waals surface area contributed by atoms with Gasteiger partial charge in [-0.05, 0) is 56.3 Å². The van der Waals surface area contributed by atoms with Crippen LogP contribution in [0.5, 0.6) is 5.75 Å². The third kappa shape index (κ3) is 4.56. The van der Waals surface area contributed by atoms with Crippen LogP contribution < -0.4 is 9.64 Å². The lowest BCUT2D eigenvalue weighted by Crippen LogP contribution is -2.27. The first-order valence-corrected chi connectivity index (χ1v) is 8.69. The van der Waals surface area contributed by atoms with Crippen LogP contribution in [0.3, 0.4) is 0 Å². The number of alkyl halides is 3. The molecule has 0 aliphatic carbocycles. The van der Waals surface area contributed by atoms with Crippen molar-refractivity contribution in [1.29, 1.82) is 0 Å². The SMILES string of the molecule is CC(C)N(C)c1nc2cc(C(=O)O)ccc2nc1-c1ccc(OC(F)(F)F)cc1. The Morgan fingerprint density at radius 3 is 2.28 bits per heavy atom. The minimum Gasteiger partial charge on any atom is -0.478 e. The summed E-state index contributed by atoms with van der Waals surface area (Å²) in [6.07, 6.45) is -4.77. The van der Waals surface area contributed by atoms with E-state index in [4.69, 9.17) is 0 Å². The second kappa shape index (κ2) is 7.57. The van der Waals surface area contributed by atoms with Crippen LogP contribution in [0, 0.1) is 0 Å². The molecule has 0 fully saturated rings. The number of fused-ring (bicyclic) bond motifs is 1. The molecule has 29 heavy (non-hydrogen) atoms. The van der Waals surface area contributed by atoms with Crippen LogP contribution in [0.4, 0.5) is 19.0 Å². The molecule has 3 rings (SSSR count). The Labute approximate surface area is 164 Å². The van der Waals surface area contributed by atoms with Gasteiger partial charge in [0.25, 0.3) is 0 Å². The van der Waals surface area contributed by atoms with Crippen LogP contribution >= 0.6 is 0 Å². The molecule has 1 N–H and O–H groups in total. The molecule has 1 aromatic heterocycles. The number of rotatable bonds is 5. The maximum atomic E-state index is 12.4. The Kier molecular flexibility index (Phi) is 5.32. The van der Waals surface area contributed by atoms with Crippen molar-refractivity contribution >= 4 is 22.8 Å². The van der Waals surface area contributed by atoms with Gasteiger partial charge in [0.15, 0.2) is 5.82 Å². The first kappa shape index (κ1) is 20.4. The minimum absolute atomic E-state index is 0.0518. The summed E-state index contributed by atoms with van der Waals surface area (Å²) in [5.41, 5.74) is 2.00. The minimum atomic E-state index is -4.77. The standard InChI is InChI=1S/C20H18F3N3O3/c1-11(2)26(3)18-17(12-4-7-14(8-5-12)29-20(21,22)23)24-15-9-6-13(19(27)28)10-16(15)25-18/h4-11H,1-3H3,(H,27,28). The number of anilines is 1. The highest BCUT2D eigenvalue weighted by Gasteiger charge is 2.31. The van der Waals surface area contributed by atoms with Gasteiger partial charge in [-0.3, -0.25) is 0 Å². The normalized spacial score (nSPS) is 11.7. The molecule has 0 aliphatic rings. The van der Waals surface area contributed by atoms with Crippen molar-refractivity contribution < 1.29 is 27.8 Å². The molecule has 9 heteroatoms. The molecule has 1 heterocycles. The highest BCUT2D eigenvalue weighted by atomic mass is 19.4. The third-order valence-electron chi connectivity index (χ3n) is 4.36. The Hall–Kier alpha value is -3.36. The summed E-state index contributed by atoms with van der Waals surface area (Å²) in [5, 5.41) is 9.20. The first-order chi connectivity index (χ1) is 13.5.